The van der Waals surface area contributed by atoms with Crippen molar-refractivity contribution in [2.45, 2.75) is 9.54 Å². The SMILES string of the molecule is CSc1sc2ccc(CBr)cc2c1O. The molecule has 0 aliphatic carbocycles. The van der Waals surface area contributed by atoms with Gasteiger partial charge in [0, 0.05) is 15.4 Å². The monoisotopic (exact) mass is 288 g/mol. The Morgan fingerprint density at radius 3 is 2.93 bits per heavy atom. The average molecular weight is 289 g/mol. The lowest BCUT2D eigenvalue weighted by atomic mass is 10.2. The summed E-state index contributed by atoms with van der Waals surface area (Å²) < 4.78 is 2.14. The first-order valence-corrected chi connectivity index (χ1v) is 7.27. The molecule has 0 saturated heterocycles. The maximum absolute atomic E-state index is 9.88. The molecule has 0 aliphatic heterocycles. The van der Waals surface area contributed by atoms with Gasteiger partial charge in [-0.1, -0.05) is 22.0 Å². The van der Waals surface area contributed by atoms with Gasteiger partial charge >= 0.3 is 0 Å². The fourth-order valence-electron chi connectivity index (χ4n) is 1.33. The Morgan fingerprint density at radius 2 is 2.29 bits per heavy atom. The third kappa shape index (κ3) is 1.66. The fraction of sp³-hybridized carbons (Fsp3) is 0.200. The zero-order valence-corrected chi connectivity index (χ0v) is 10.8. The molecule has 0 unspecified atom stereocenters. The Hall–Kier alpha value is -0.190. The first-order chi connectivity index (χ1) is 6.76. The summed E-state index contributed by atoms with van der Waals surface area (Å²) in [6.45, 7) is 0. The van der Waals surface area contributed by atoms with E-state index in [4.69, 9.17) is 0 Å². The molecule has 0 aliphatic rings. The number of aromatic hydroxyl groups is 1. The Bertz CT molecular complexity index is 464. The van der Waals surface area contributed by atoms with E-state index in [9.17, 15) is 5.11 Å². The molecule has 0 fully saturated rings. The quantitative estimate of drug-likeness (QED) is 0.659. The van der Waals surface area contributed by atoms with Gasteiger partial charge < -0.3 is 5.11 Å². The molecule has 1 aromatic heterocycles. The highest BCUT2D eigenvalue weighted by Gasteiger charge is 2.10. The minimum absolute atomic E-state index is 0.431. The first-order valence-electron chi connectivity index (χ1n) is 4.10. The van der Waals surface area contributed by atoms with Crippen LogP contribution in [0.25, 0.3) is 10.1 Å². The maximum Gasteiger partial charge on any atom is 0.147 e. The van der Waals surface area contributed by atoms with E-state index in [2.05, 4.69) is 28.1 Å². The van der Waals surface area contributed by atoms with Gasteiger partial charge in [-0.15, -0.1) is 23.1 Å². The summed E-state index contributed by atoms with van der Waals surface area (Å²) >= 11 is 6.64. The molecule has 14 heavy (non-hydrogen) atoms. The van der Waals surface area contributed by atoms with Crippen LogP contribution in [0, 0.1) is 0 Å². The largest absolute Gasteiger partial charge is 0.505 e. The predicted molar refractivity (Wildman–Crippen MR) is 67.9 cm³/mol. The zero-order chi connectivity index (χ0) is 10.1. The topological polar surface area (TPSA) is 20.2 Å². The molecule has 0 amide bonds. The zero-order valence-electron chi connectivity index (χ0n) is 7.58. The van der Waals surface area contributed by atoms with Gasteiger partial charge in [0.1, 0.15) is 9.96 Å². The van der Waals surface area contributed by atoms with Crippen LogP contribution in [0.4, 0.5) is 0 Å². The van der Waals surface area contributed by atoms with E-state index >= 15 is 0 Å². The maximum atomic E-state index is 9.88. The molecule has 0 spiro atoms. The highest BCUT2D eigenvalue weighted by atomic mass is 79.9. The van der Waals surface area contributed by atoms with E-state index < -0.39 is 0 Å². The van der Waals surface area contributed by atoms with E-state index in [1.165, 1.54) is 5.56 Å². The number of hydrogen-bond acceptors (Lipinski definition) is 3. The van der Waals surface area contributed by atoms with Crippen LogP contribution in [-0.4, -0.2) is 11.4 Å². The second kappa shape index (κ2) is 4.13. The fourth-order valence-corrected chi connectivity index (χ4v) is 3.39. The molecule has 2 rings (SSSR count). The van der Waals surface area contributed by atoms with Gasteiger partial charge in [0.15, 0.2) is 0 Å². The van der Waals surface area contributed by atoms with Gasteiger partial charge in [-0.2, -0.15) is 0 Å². The minimum atomic E-state index is 0.431. The molecule has 2 aromatic rings. The number of benzene rings is 1. The Balaban J connectivity index is 2.68. The highest BCUT2D eigenvalue weighted by Crippen LogP contribution is 2.42. The van der Waals surface area contributed by atoms with Gasteiger partial charge in [0.2, 0.25) is 0 Å². The Morgan fingerprint density at radius 1 is 1.50 bits per heavy atom. The molecule has 1 aromatic carbocycles. The molecule has 74 valence electrons. The molecule has 0 saturated carbocycles. The van der Waals surface area contributed by atoms with Crippen LogP contribution in [-0.2, 0) is 5.33 Å². The first kappa shape index (κ1) is 10.3. The van der Waals surface area contributed by atoms with Crippen molar-refractivity contribution < 1.29 is 5.11 Å². The van der Waals surface area contributed by atoms with Crippen LogP contribution in [0.5, 0.6) is 5.75 Å². The number of fused-ring (bicyclic) bond motifs is 1. The number of alkyl halides is 1. The van der Waals surface area contributed by atoms with Gasteiger partial charge in [-0.25, -0.2) is 0 Å². The van der Waals surface area contributed by atoms with E-state index in [0.717, 1.165) is 19.6 Å². The number of halogens is 1. The van der Waals surface area contributed by atoms with Crippen LogP contribution in [0.15, 0.2) is 22.4 Å². The molecule has 0 radical (unpaired) electrons. The molecule has 0 atom stereocenters. The summed E-state index contributed by atoms with van der Waals surface area (Å²) in [6.07, 6.45) is 1.98. The third-order valence-corrected chi connectivity index (χ3v) is 4.95. The summed E-state index contributed by atoms with van der Waals surface area (Å²) in [5, 5.41) is 11.7. The highest BCUT2D eigenvalue weighted by molar-refractivity contribution is 9.08. The van der Waals surface area contributed by atoms with Gasteiger partial charge in [-0.3, -0.25) is 0 Å². The summed E-state index contributed by atoms with van der Waals surface area (Å²) in [5.74, 6) is 0.431. The van der Waals surface area contributed by atoms with Crippen molar-refractivity contribution in [1.82, 2.24) is 0 Å². The Kier molecular flexibility index (Phi) is 3.04. The lowest BCUT2D eigenvalue weighted by Gasteiger charge is -1.95. The van der Waals surface area contributed by atoms with E-state index in [-0.39, 0.29) is 0 Å². The lowest BCUT2D eigenvalue weighted by Crippen LogP contribution is -1.74. The summed E-state index contributed by atoms with van der Waals surface area (Å²) in [5.41, 5.74) is 1.19. The summed E-state index contributed by atoms with van der Waals surface area (Å²) in [7, 11) is 0. The number of hydrogen-bond donors (Lipinski definition) is 1. The molecule has 4 heteroatoms. The lowest BCUT2D eigenvalue weighted by molar-refractivity contribution is 0.473. The Labute approximate surface area is 99.3 Å². The van der Waals surface area contributed by atoms with E-state index in [1.807, 2.05) is 12.3 Å². The third-order valence-electron chi connectivity index (χ3n) is 2.03. The van der Waals surface area contributed by atoms with E-state index in [1.54, 1.807) is 23.1 Å². The average Bonchev–Trinajstić information content (AvgIpc) is 2.55. The van der Waals surface area contributed by atoms with Crippen molar-refractivity contribution in [1.29, 1.82) is 0 Å². The summed E-state index contributed by atoms with van der Waals surface area (Å²) in [4.78, 5) is 0. The van der Waals surface area contributed by atoms with Crippen molar-refractivity contribution in [2.75, 3.05) is 6.26 Å². The van der Waals surface area contributed by atoms with Crippen LogP contribution in [0.3, 0.4) is 0 Å². The number of rotatable bonds is 2. The van der Waals surface area contributed by atoms with Crippen molar-refractivity contribution in [3.8, 4) is 5.75 Å². The molecule has 0 bridgehead atoms. The van der Waals surface area contributed by atoms with Crippen molar-refractivity contribution >= 4 is 49.1 Å². The van der Waals surface area contributed by atoms with Crippen molar-refractivity contribution in [2.24, 2.45) is 0 Å². The molecule has 1 N–H and O–H groups in total. The van der Waals surface area contributed by atoms with Gasteiger partial charge in [0.25, 0.3) is 0 Å². The smallest absolute Gasteiger partial charge is 0.147 e. The van der Waals surface area contributed by atoms with Crippen LogP contribution in [0.2, 0.25) is 0 Å². The second-order valence-corrected chi connectivity index (χ2v) is 5.59. The van der Waals surface area contributed by atoms with Crippen LogP contribution in [0.1, 0.15) is 5.56 Å². The second-order valence-electron chi connectivity index (χ2n) is 2.91. The van der Waals surface area contributed by atoms with Crippen molar-refractivity contribution in [3.63, 3.8) is 0 Å². The van der Waals surface area contributed by atoms with Gasteiger partial charge in [-0.05, 0) is 24.0 Å². The minimum Gasteiger partial charge on any atom is -0.505 e. The van der Waals surface area contributed by atoms with E-state index in [0.29, 0.717) is 5.75 Å². The van der Waals surface area contributed by atoms with Crippen LogP contribution < -0.4 is 0 Å². The predicted octanol–water partition coefficient (Wildman–Crippen LogP) is 4.22. The van der Waals surface area contributed by atoms with Crippen molar-refractivity contribution in [3.05, 3.63) is 23.8 Å². The molecular formula is C10H9BrOS2. The number of thiophene rings is 1. The normalized spacial score (nSPS) is 11.0. The number of thioether (sulfide) groups is 1. The van der Waals surface area contributed by atoms with Gasteiger partial charge in [0.05, 0.1) is 0 Å². The molecule has 1 heterocycles. The van der Waals surface area contributed by atoms with Crippen LogP contribution >= 0.6 is 39.0 Å². The standard InChI is InChI=1S/C10H9BrOS2/c1-13-10-9(12)7-4-6(5-11)2-3-8(7)14-10/h2-4,12H,5H2,1H3. The molecular weight excluding hydrogens is 280 g/mol. The summed E-state index contributed by atoms with van der Waals surface area (Å²) in [6, 6.07) is 6.18. The molecule has 1 nitrogen and oxygen atoms in total.